The Morgan fingerprint density at radius 3 is 2.58 bits per heavy atom. The molecule has 1 saturated heterocycles. The second kappa shape index (κ2) is 8.65. The van der Waals surface area contributed by atoms with Crippen LogP contribution >= 0.6 is 11.3 Å². The molecule has 1 aliphatic rings. The number of carbonyl (C=O) groups excluding carboxylic acids is 1. The van der Waals surface area contributed by atoms with E-state index >= 15 is 0 Å². The van der Waals surface area contributed by atoms with E-state index in [1.54, 1.807) is 0 Å². The summed E-state index contributed by atoms with van der Waals surface area (Å²) in [6, 6.07) is 20.9. The van der Waals surface area contributed by atoms with Crippen LogP contribution in [0.2, 0.25) is 0 Å². The summed E-state index contributed by atoms with van der Waals surface area (Å²) >= 11 is 1.52. The minimum absolute atomic E-state index is 0.154. The molecule has 3 heterocycles. The molecule has 0 aliphatic carbocycles. The molecule has 0 spiro atoms. The zero-order chi connectivity index (χ0) is 21.2. The van der Waals surface area contributed by atoms with Gasteiger partial charge in [0.05, 0.1) is 22.5 Å². The Balaban J connectivity index is 1.33. The van der Waals surface area contributed by atoms with E-state index in [9.17, 15) is 4.79 Å². The van der Waals surface area contributed by atoms with Gasteiger partial charge in [-0.3, -0.25) is 9.69 Å². The number of para-hydroxylation sites is 2. The second-order valence-electron chi connectivity index (χ2n) is 8.14. The van der Waals surface area contributed by atoms with Gasteiger partial charge in [-0.25, -0.2) is 4.98 Å². The van der Waals surface area contributed by atoms with E-state index in [0.717, 1.165) is 55.5 Å². The molecule has 1 fully saturated rings. The Labute approximate surface area is 186 Å². The van der Waals surface area contributed by atoms with Crippen LogP contribution in [0.3, 0.4) is 0 Å². The van der Waals surface area contributed by atoms with Gasteiger partial charge < -0.3 is 9.47 Å². The molecule has 5 rings (SSSR count). The molecular formula is C25H26N4OS. The zero-order valence-corrected chi connectivity index (χ0v) is 18.5. The first-order chi connectivity index (χ1) is 15.2. The number of amides is 1. The number of aromatic nitrogens is 2. The number of imidazole rings is 1. The molecule has 0 atom stereocenters. The van der Waals surface area contributed by atoms with Crippen molar-refractivity contribution in [3.63, 3.8) is 0 Å². The lowest BCUT2D eigenvalue weighted by molar-refractivity contribution is 0.0629. The molecule has 31 heavy (non-hydrogen) atoms. The maximum atomic E-state index is 12.6. The van der Waals surface area contributed by atoms with Gasteiger partial charge in [0.25, 0.3) is 5.91 Å². The zero-order valence-electron chi connectivity index (χ0n) is 17.7. The Morgan fingerprint density at radius 1 is 0.968 bits per heavy atom. The number of hydrogen-bond donors (Lipinski definition) is 0. The van der Waals surface area contributed by atoms with E-state index in [2.05, 4.69) is 58.9 Å². The number of nitrogens with zero attached hydrogens (tertiary/aromatic N) is 4. The van der Waals surface area contributed by atoms with Crippen molar-refractivity contribution in [2.24, 2.45) is 0 Å². The SMILES string of the molecule is Cc1cccc(Cn2c(CN3CCN(C(=O)c4cccs4)CC3)nc3ccccc32)c1. The molecule has 1 aliphatic heterocycles. The van der Waals surface area contributed by atoms with E-state index in [4.69, 9.17) is 4.98 Å². The fourth-order valence-electron chi connectivity index (χ4n) is 4.28. The van der Waals surface area contributed by atoms with Crippen molar-refractivity contribution < 1.29 is 4.79 Å². The summed E-state index contributed by atoms with van der Waals surface area (Å²) in [6.45, 7) is 6.99. The molecule has 2 aromatic heterocycles. The minimum atomic E-state index is 0.154. The van der Waals surface area contributed by atoms with Crippen LogP contribution in [0, 0.1) is 6.92 Å². The highest BCUT2D eigenvalue weighted by molar-refractivity contribution is 7.12. The number of piperazine rings is 1. The fraction of sp³-hybridized carbons (Fsp3) is 0.280. The number of carbonyl (C=O) groups is 1. The average molecular weight is 431 g/mol. The highest BCUT2D eigenvalue weighted by atomic mass is 32.1. The molecule has 0 radical (unpaired) electrons. The molecule has 0 saturated carbocycles. The summed E-state index contributed by atoms with van der Waals surface area (Å²) in [5.74, 6) is 1.24. The Morgan fingerprint density at radius 2 is 1.81 bits per heavy atom. The topological polar surface area (TPSA) is 41.4 Å². The van der Waals surface area contributed by atoms with Gasteiger partial charge in [-0.1, -0.05) is 48.0 Å². The predicted molar refractivity (Wildman–Crippen MR) is 126 cm³/mol. The van der Waals surface area contributed by atoms with Crippen molar-refractivity contribution in [3.05, 3.63) is 87.9 Å². The summed E-state index contributed by atoms with van der Waals surface area (Å²) in [5.41, 5.74) is 4.77. The van der Waals surface area contributed by atoms with Crippen LogP contribution in [0.25, 0.3) is 11.0 Å². The predicted octanol–water partition coefficient (Wildman–Crippen LogP) is 4.41. The lowest BCUT2D eigenvalue weighted by Crippen LogP contribution is -2.48. The van der Waals surface area contributed by atoms with Crippen molar-refractivity contribution in [2.45, 2.75) is 20.0 Å². The van der Waals surface area contributed by atoms with Crippen LogP contribution < -0.4 is 0 Å². The van der Waals surface area contributed by atoms with E-state index < -0.39 is 0 Å². The number of aryl methyl sites for hydroxylation is 1. The van der Waals surface area contributed by atoms with E-state index in [1.807, 2.05) is 28.5 Å². The second-order valence-corrected chi connectivity index (χ2v) is 9.09. The first kappa shape index (κ1) is 20.0. The van der Waals surface area contributed by atoms with Gasteiger partial charge in [0.15, 0.2) is 0 Å². The van der Waals surface area contributed by atoms with Gasteiger partial charge in [0.1, 0.15) is 5.82 Å². The molecule has 5 nitrogen and oxygen atoms in total. The van der Waals surface area contributed by atoms with E-state index in [0.29, 0.717) is 0 Å². The Bertz CT molecular complexity index is 1190. The first-order valence-corrected chi connectivity index (χ1v) is 11.6. The van der Waals surface area contributed by atoms with Crippen molar-refractivity contribution in [1.82, 2.24) is 19.4 Å². The van der Waals surface area contributed by atoms with Crippen LogP contribution in [-0.4, -0.2) is 51.4 Å². The van der Waals surface area contributed by atoms with Crippen LogP contribution in [0.15, 0.2) is 66.0 Å². The standard InChI is InChI=1S/C25H26N4OS/c1-19-6-4-7-20(16-19)17-29-22-9-3-2-8-21(22)26-24(29)18-27-11-13-28(14-12-27)25(30)23-10-5-15-31-23/h2-10,15-16H,11-14,17-18H2,1H3. The normalized spacial score (nSPS) is 14.9. The largest absolute Gasteiger partial charge is 0.335 e. The molecule has 1 amide bonds. The van der Waals surface area contributed by atoms with E-state index in [1.165, 1.54) is 28.0 Å². The van der Waals surface area contributed by atoms with Crippen LogP contribution in [-0.2, 0) is 13.1 Å². The van der Waals surface area contributed by atoms with Gasteiger partial charge in [0.2, 0.25) is 0 Å². The average Bonchev–Trinajstić information content (AvgIpc) is 3.43. The van der Waals surface area contributed by atoms with Gasteiger partial charge >= 0.3 is 0 Å². The minimum Gasteiger partial charge on any atom is -0.335 e. The summed E-state index contributed by atoms with van der Waals surface area (Å²) in [5, 5.41) is 1.96. The Kier molecular flexibility index (Phi) is 5.57. The maximum absolute atomic E-state index is 12.6. The number of benzene rings is 2. The van der Waals surface area contributed by atoms with Crippen molar-refractivity contribution in [2.75, 3.05) is 26.2 Å². The Hall–Kier alpha value is -2.96. The molecule has 158 valence electrons. The molecule has 6 heteroatoms. The van der Waals surface area contributed by atoms with Crippen molar-refractivity contribution >= 4 is 28.3 Å². The van der Waals surface area contributed by atoms with Crippen molar-refractivity contribution in [1.29, 1.82) is 0 Å². The maximum Gasteiger partial charge on any atom is 0.264 e. The monoisotopic (exact) mass is 430 g/mol. The molecule has 0 unspecified atom stereocenters. The summed E-state index contributed by atoms with van der Waals surface area (Å²) < 4.78 is 2.34. The molecule has 0 bridgehead atoms. The van der Waals surface area contributed by atoms with Gasteiger partial charge in [-0.05, 0) is 36.1 Å². The number of hydrogen-bond acceptors (Lipinski definition) is 4. The van der Waals surface area contributed by atoms with Gasteiger partial charge in [-0.2, -0.15) is 0 Å². The third-order valence-corrected chi connectivity index (χ3v) is 6.77. The number of fused-ring (bicyclic) bond motifs is 1. The van der Waals surface area contributed by atoms with Crippen LogP contribution in [0.1, 0.15) is 26.6 Å². The number of rotatable bonds is 5. The summed E-state index contributed by atoms with van der Waals surface area (Å²) in [6.07, 6.45) is 0. The summed E-state index contributed by atoms with van der Waals surface area (Å²) in [4.78, 5) is 22.8. The van der Waals surface area contributed by atoms with Gasteiger partial charge in [0, 0.05) is 32.7 Å². The van der Waals surface area contributed by atoms with Gasteiger partial charge in [-0.15, -0.1) is 11.3 Å². The third-order valence-electron chi connectivity index (χ3n) is 5.91. The van der Waals surface area contributed by atoms with Crippen LogP contribution in [0.4, 0.5) is 0 Å². The quantitative estimate of drug-likeness (QED) is 0.471. The smallest absolute Gasteiger partial charge is 0.264 e. The highest BCUT2D eigenvalue weighted by Gasteiger charge is 2.24. The molecule has 4 aromatic rings. The summed E-state index contributed by atoms with van der Waals surface area (Å²) in [7, 11) is 0. The third kappa shape index (κ3) is 4.27. The lowest BCUT2D eigenvalue weighted by atomic mass is 10.1. The van der Waals surface area contributed by atoms with E-state index in [-0.39, 0.29) is 5.91 Å². The van der Waals surface area contributed by atoms with Crippen molar-refractivity contribution in [3.8, 4) is 0 Å². The molecule has 2 aromatic carbocycles. The fourth-order valence-corrected chi connectivity index (χ4v) is 4.97. The first-order valence-electron chi connectivity index (χ1n) is 10.7. The lowest BCUT2D eigenvalue weighted by Gasteiger charge is -2.34. The highest BCUT2D eigenvalue weighted by Crippen LogP contribution is 2.21. The molecular weight excluding hydrogens is 404 g/mol. The van der Waals surface area contributed by atoms with Crippen LogP contribution in [0.5, 0.6) is 0 Å². The molecule has 0 N–H and O–H groups in total. The number of thiophene rings is 1.